The SMILES string of the molecule is CCOC(=O)c1c(C[N+](C)(C)CCO)n(C)c2cc(Br)c(OC(C)=O)cc12. The first kappa shape index (κ1) is 21.4. The molecular formula is C19H26BrN2O5+. The van der Waals surface area contributed by atoms with Gasteiger partial charge in [0.05, 0.1) is 48.6 Å². The molecular weight excluding hydrogens is 416 g/mol. The number of carbonyl (C=O) groups excluding carboxylic acids is 2. The number of ether oxygens (including phenoxy) is 2. The van der Waals surface area contributed by atoms with Crippen molar-refractivity contribution in [3.8, 4) is 5.75 Å². The van der Waals surface area contributed by atoms with Gasteiger partial charge >= 0.3 is 11.9 Å². The summed E-state index contributed by atoms with van der Waals surface area (Å²) >= 11 is 3.42. The first-order valence-corrected chi connectivity index (χ1v) is 9.49. The van der Waals surface area contributed by atoms with Crippen LogP contribution in [0, 0.1) is 0 Å². The summed E-state index contributed by atoms with van der Waals surface area (Å²) in [6.45, 7) is 4.47. The van der Waals surface area contributed by atoms with Crippen molar-refractivity contribution < 1.29 is 28.7 Å². The molecule has 0 fully saturated rings. The van der Waals surface area contributed by atoms with E-state index in [1.54, 1.807) is 13.0 Å². The lowest BCUT2D eigenvalue weighted by molar-refractivity contribution is -0.904. The molecule has 1 N–H and O–H groups in total. The molecule has 0 unspecified atom stereocenters. The highest BCUT2D eigenvalue weighted by Crippen LogP contribution is 2.36. The third kappa shape index (κ3) is 4.69. The standard InChI is InChI=1S/C19H26BrN2O5/c1-6-26-19(25)18-13-9-17(27-12(2)24)14(20)10-15(13)21(3)16(18)11-22(4,5)7-8-23/h9-10,23H,6-8,11H2,1-5H3/q+1. The Morgan fingerprint density at radius 3 is 2.52 bits per heavy atom. The van der Waals surface area contributed by atoms with Crippen LogP contribution in [0.25, 0.3) is 10.9 Å². The fourth-order valence-electron chi connectivity index (χ4n) is 3.09. The predicted octanol–water partition coefficient (Wildman–Crippen LogP) is 2.61. The van der Waals surface area contributed by atoms with Crippen molar-refractivity contribution in [3.05, 3.63) is 27.9 Å². The molecule has 0 saturated heterocycles. The van der Waals surface area contributed by atoms with Gasteiger partial charge in [-0.05, 0) is 35.0 Å². The maximum absolute atomic E-state index is 12.7. The summed E-state index contributed by atoms with van der Waals surface area (Å²) in [5, 5.41) is 10.0. The van der Waals surface area contributed by atoms with E-state index in [0.29, 0.717) is 38.7 Å². The Morgan fingerprint density at radius 2 is 1.96 bits per heavy atom. The average Bonchev–Trinajstić information content (AvgIpc) is 2.79. The summed E-state index contributed by atoms with van der Waals surface area (Å²) in [7, 11) is 5.86. The lowest BCUT2D eigenvalue weighted by atomic mass is 10.1. The predicted molar refractivity (Wildman–Crippen MR) is 106 cm³/mol. The number of rotatable bonds is 7. The summed E-state index contributed by atoms with van der Waals surface area (Å²) in [6.07, 6.45) is 0. The number of aryl methyl sites for hydroxylation is 1. The number of fused-ring (bicyclic) bond motifs is 1. The monoisotopic (exact) mass is 441 g/mol. The van der Waals surface area contributed by atoms with Gasteiger partial charge in [-0.1, -0.05) is 0 Å². The van der Waals surface area contributed by atoms with E-state index in [1.807, 2.05) is 31.8 Å². The van der Waals surface area contributed by atoms with E-state index in [0.717, 1.165) is 11.2 Å². The minimum absolute atomic E-state index is 0.0494. The van der Waals surface area contributed by atoms with E-state index in [-0.39, 0.29) is 13.2 Å². The number of carbonyl (C=O) groups is 2. The topological polar surface area (TPSA) is 77.8 Å². The zero-order valence-corrected chi connectivity index (χ0v) is 17.9. The lowest BCUT2D eigenvalue weighted by Gasteiger charge is -2.29. The summed E-state index contributed by atoms with van der Waals surface area (Å²) in [4.78, 5) is 24.1. The maximum atomic E-state index is 12.7. The zero-order valence-electron chi connectivity index (χ0n) is 16.3. The Labute approximate surface area is 167 Å². The molecule has 2 aromatic rings. The van der Waals surface area contributed by atoms with Gasteiger partial charge in [0, 0.05) is 19.4 Å². The molecule has 148 valence electrons. The van der Waals surface area contributed by atoms with Gasteiger partial charge in [-0.15, -0.1) is 0 Å². The van der Waals surface area contributed by atoms with Crippen LogP contribution in [0.1, 0.15) is 29.9 Å². The van der Waals surface area contributed by atoms with Crippen LogP contribution in [-0.4, -0.2) is 59.9 Å². The summed E-state index contributed by atoms with van der Waals surface area (Å²) < 4.78 is 13.6. The molecule has 0 radical (unpaired) electrons. The summed E-state index contributed by atoms with van der Waals surface area (Å²) in [6, 6.07) is 3.51. The van der Waals surface area contributed by atoms with Gasteiger partial charge in [0.15, 0.2) is 0 Å². The second-order valence-electron chi connectivity index (χ2n) is 7.04. The van der Waals surface area contributed by atoms with Crippen LogP contribution in [-0.2, 0) is 23.1 Å². The fraction of sp³-hybridized carbons (Fsp3) is 0.474. The molecule has 0 amide bonds. The van der Waals surface area contributed by atoms with Crippen molar-refractivity contribution in [2.24, 2.45) is 7.05 Å². The van der Waals surface area contributed by atoms with Crippen LogP contribution in [0.4, 0.5) is 0 Å². The van der Waals surface area contributed by atoms with Crippen molar-refractivity contribution in [2.75, 3.05) is 33.9 Å². The molecule has 1 aromatic carbocycles. The molecule has 7 nitrogen and oxygen atoms in total. The molecule has 0 atom stereocenters. The van der Waals surface area contributed by atoms with E-state index < -0.39 is 11.9 Å². The van der Waals surface area contributed by atoms with E-state index in [4.69, 9.17) is 9.47 Å². The molecule has 0 aliphatic carbocycles. The molecule has 0 spiro atoms. The number of quaternary nitrogens is 1. The minimum atomic E-state index is -0.440. The van der Waals surface area contributed by atoms with Crippen LogP contribution in [0.5, 0.6) is 5.75 Å². The van der Waals surface area contributed by atoms with E-state index >= 15 is 0 Å². The Bertz CT molecular complexity index is 873. The smallest absolute Gasteiger partial charge is 0.340 e. The van der Waals surface area contributed by atoms with Crippen molar-refractivity contribution in [1.82, 2.24) is 4.57 Å². The van der Waals surface area contributed by atoms with Crippen LogP contribution < -0.4 is 4.74 Å². The Morgan fingerprint density at radius 1 is 1.30 bits per heavy atom. The number of hydrogen-bond donors (Lipinski definition) is 1. The third-order valence-corrected chi connectivity index (χ3v) is 5.01. The first-order chi connectivity index (χ1) is 12.6. The minimum Gasteiger partial charge on any atom is -0.462 e. The van der Waals surface area contributed by atoms with Gasteiger partial charge in [-0.25, -0.2) is 4.79 Å². The van der Waals surface area contributed by atoms with Gasteiger partial charge < -0.3 is 23.6 Å². The van der Waals surface area contributed by atoms with Gasteiger partial charge in [-0.3, -0.25) is 4.79 Å². The highest BCUT2D eigenvalue weighted by Gasteiger charge is 2.28. The van der Waals surface area contributed by atoms with Gasteiger partial charge in [0.1, 0.15) is 18.8 Å². The van der Waals surface area contributed by atoms with Crippen LogP contribution in [0.3, 0.4) is 0 Å². The van der Waals surface area contributed by atoms with Crippen molar-refractivity contribution >= 4 is 38.8 Å². The van der Waals surface area contributed by atoms with Crippen LogP contribution in [0.2, 0.25) is 0 Å². The second kappa shape index (κ2) is 8.41. The molecule has 0 aliphatic heterocycles. The average molecular weight is 442 g/mol. The molecule has 2 rings (SSSR count). The molecule has 27 heavy (non-hydrogen) atoms. The van der Waals surface area contributed by atoms with E-state index in [1.165, 1.54) is 6.92 Å². The molecule has 0 aliphatic rings. The molecule has 0 bridgehead atoms. The van der Waals surface area contributed by atoms with Gasteiger partial charge in [0.25, 0.3) is 0 Å². The number of likely N-dealkylation sites (N-methyl/N-ethyl adjacent to an activating group) is 1. The van der Waals surface area contributed by atoms with Gasteiger partial charge in [0.2, 0.25) is 0 Å². The zero-order chi connectivity index (χ0) is 20.4. The Hall–Kier alpha value is -1.90. The van der Waals surface area contributed by atoms with E-state index in [9.17, 15) is 14.7 Å². The van der Waals surface area contributed by atoms with Crippen molar-refractivity contribution in [3.63, 3.8) is 0 Å². The molecule has 0 saturated carbocycles. The number of aliphatic hydroxyl groups is 1. The molecule has 1 aromatic heterocycles. The number of halogens is 1. The highest BCUT2D eigenvalue weighted by molar-refractivity contribution is 9.10. The normalized spacial score (nSPS) is 11.7. The quantitative estimate of drug-likeness (QED) is 0.405. The van der Waals surface area contributed by atoms with Crippen LogP contribution >= 0.6 is 15.9 Å². The number of aromatic nitrogens is 1. The highest BCUT2D eigenvalue weighted by atomic mass is 79.9. The third-order valence-electron chi connectivity index (χ3n) is 4.39. The Kier molecular flexibility index (Phi) is 6.67. The second-order valence-corrected chi connectivity index (χ2v) is 7.89. The number of hydrogen-bond acceptors (Lipinski definition) is 5. The molecule has 8 heteroatoms. The number of benzene rings is 1. The maximum Gasteiger partial charge on any atom is 0.340 e. The van der Waals surface area contributed by atoms with Gasteiger partial charge in [-0.2, -0.15) is 0 Å². The fourth-order valence-corrected chi connectivity index (χ4v) is 3.51. The summed E-state index contributed by atoms with van der Waals surface area (Å²) in [5.74, 6) is -0.510. The van der Waals surface area contributed by atoms with Crippen LogP contribution in [0.15, 0.2) is 16.6 Å². The number of nitrogens with zero attached hydrogens (tertiary/aromatic N) is 2. The number of esters is 2. The van der Waals surface area contributed by atoms with E-state index in [2.05, 4.69) is 15.9 Å². The van der Waals surface area contributed by atoms with Crippen molar-refractivity contribution in [2.45, 2.75) is 20.4 Å². The first-order valence-electron chi connectivity index (χ1n) is 8.70. The molecule has 1 heterocycles. The lowest BCUT2D eigenvalue weighted by Crippen LogP contribution is -2.42. The Balaban J connectivity index is 2.72. The summed E-state index contributed by atoms with van der Waals surface area (Å²) in [5.41, 5.74) is 2.08. The number of aliphatic hydroxyl groups excluding tert-OH is 1. The van der Waals surface area contributed by atoms with Crippen molar-refractivity contribution in [1.29, 1.82) is 0 Å². The largest absolute Gasteiger partial charge is 0.462 e.